The van der Waals surface area contributed by atoms with Crippen molar-refractivity contribution in [3.8, 4) is 0 Å². The van der Waals surface area contributed by atoms with Crippen molar-refractivity contribution in [2.24, 2.45) is 0 Å². The Labute approximate surface area is 144 Å². The van der Waals surface area contributed by atoms with E-state index in [-0.39, 0.29) is 6.16 Å². The first-order valence-corrected chi connectivity index (χ1v) is 9.96. The molecule has 4 nitrogen and oxygen atoms in total. The van der Waals surface area contributed by atoms with Crippen LogP contribution >= 0.6 is 19.0 Å². The van der Waals surface area contributed by atoms with E-state index in [4.69, 9.17) is 25.6 Å². The van der Waals surface area contributed by atoms with E-state index < -0.39 is 12.9 Å². The fourth-order valence-electron chi connectivity index (χ4n) is 2.32. The molecule has 0 heterocycles. The zero-order valence-corrected chi connectivity index (χ0v) is 16.0. The molecule has 1 aromatic rings. The highest BCUT2D eigenvalue weighted by Gasteiger charge is 2.48. The van der Waals surface area contributed by atoms with Crippen LogP contribution in [-0.2, 0) is 18.6 Å². The molecule has 0 spiro atoms. The van der Waals surface area contributed by atoms with Crippen LogP contribution in [0.3, 0.4) is 0 Å². The largest absolute Gasteiger partial charge is 0.342 e. The second kappa shape index (κ2) is 9.00. The molecular formula is C17H26ClO4P. The van der Waals surface area contributed by atoms with E-state index in [1.54, 1.807) is 26.0 Å². The topological polar surface area (TPSA) is 44.8 Å². The van der Waals surface area contributed by atoms with Gasteiger partial charge in [-0.2, -0.15) is 0 Å². The maximum absolute atomic E-state index is 13.5. The Morgan fingerprint density at radius 1 is 1.13 bits per heavy atom. The molecule has 6 heteroatoms. The quantitative estimate of drug-likeness (QED) is 0.413. The first-order chi connectivity index (χ1) is 10.8. The van der Waals surface area contributed by atoms with Crippen molar-refractivity contribution >= 4 is 24.5 Å². The Bertz CT molecular complexity index is 550. The third-order valence-electron chi connectivity index (χ3n) is 3.43. The van der Waals surface area contributed by atoms with Crippen LogP contribution < -0.4 is 0 Å². The SMILES string of the molecule is C=C(CP(=O)(OCC)C(C)(OCC)OCC)c1ccc(Cl)cc1. The summed E-state index contributed by atoms with van der Waals surface area (Å²) in [5.74, 6) is 0. The van der Waals surface area contributed by atoms with Crippen LogP contribution in [0.5, 0.6) is 0 Å². The molecule has 0 saturated heterocycles. The zero-order chi connectivity index (χ0) is 17.5. The Balaban J connectivity index is 3.09. The number of hydrogen-bond acceptors (Lipinski definition) is 4. The van der Waals surface area contributed by atoms with E-state index in [1.165, 1.54) is 0 Å². The molecule has 23 heavy (non-hydrogen) atoms. The van der Waals surface area contributed by atoms with Gasteiger partial charge in [-0.15, -0.1) is 0 Å². The predicted octanol–water partition coefficient (Wildman–Crippen LogP) is 5.41. The van der Waals surface area contributed by atoms with Gasteiger partial charge in [-0.3, -0.25) is 4.57 Å². The van der Waals surface area contributed by atoms with Crippen LogP contribution in [0.4, 0.5) is 0 Å². The number of halogens is 1. The van der Waals surface area contributed by atoms with Crippen molar-refractivity contribution in [1.82, 2.24) is 0 Å². The molecule has 1 aromatic carbocycles. The summed E-state index contributed by atoms with van der Waals surface area (Å²) in [6.07, 6.45) is 0.152. The summed E-state index contributed by atoms with van der Waals surface area (Å²) in [7, 11) is -3.28. The van der Waals surface area contributed by atoms with E-state index in [9.17, 15) is 4.57 Å². The van der Waals surface area contributed by atoms with Gasteiger partial charge >= 0.3 is 0 Å². The van der Waals surface area contributed by atoms with Gasteiger partial charge in [-0.1, -0.05) is 30.3 Å². The minimum Gasteiger partial charge on any atom is -0.342 e. The van der Waals surface area contributed by atoms with Crippen LogP contribution in [0.25, 0.3) is 5.57 Å². The summed E-state index contributed by atoms with van der Waals surface area (Å²) in [4.78, 5) is 0. The van der Waals surface area contributed by atoms with Gasteiger partial charge in [0.15, 0.2) is 0 Å². The summed E-state index contributed by atoms with van der Waals surface area (Å²) in [6, 6.07) is 7.25. The number of allylic oxidation sites excluding steroid dienone is 1. The molecule has 0 aliphatic heterocycles. The average molecular weight is 361 g/mol. The molecule has 0 fully saturated rings. The highest BCUT2D eigenvalue weighted by molar-refractivity contribution is 7.60. The molecule has 0 bridgehead atoms. The van der Waals surface area contributed by atoms with E-state index >= 15 is 0 Å². The maximum Gasteiger partial charge on any atom is 0.264 e. The molecule has 0 aliphatic rings. The van der Waals surface area contributed by atoms with Crippen molar-refractivity contribution in [2.45, 2.75) is 33.2 Å². The lowest BCUT2D eigenvalue weighted by Gasteiger charge is -2.36. The molecule has 0 aliphatic carbocycles. The molecule has 1 rings (SSSR count). The van der Waals surface area contributed by atoms with E-state index in [2.05, 4.69) is 6.58 Å². The average Bonchev–Trinajstić information content (AvgIpc) is 2.48. The first kappa shape index (κ1) is 20.4. The Morgan fingerprint density at radius 2 is 1.65 bits per heavy atom. The third kappa shape index (κ3) is 5.17. The van der Waals surface area contributed by atoms with Crippen molar-refractivity contribution in [3.05, 3.63) is 41.4 Å². The Kier molecular flexibility index (Phi) is 7.99. The second-order valence-electron chi connectivity index (χ2n) is 5.12. The molecule has 0 saturated carbocycles. The van der Waals surface area contributed by atoms with Gasteiger partial charge in [0.1, 0.15) is 0 Å². The predicted molar refractivity (Wildman–Crippen MR) is 96.2 cm³/mol. The molecule has 0 radical (unpaired) electrons. The lowest BCUT2D eigenvalue weighted by molar-refractivity contribution is -0.167. The Morgan fingerprint density at radius 3 is 2.09 bits per heavy atom. The smallest absolute Gasteiger partial charge is 0.264 e. The minimum atomic E-state index is -3.28. The number of benzene rings is 1. The Hall–Kier alpha value is -0.640. The summed E-state index contributed by atoms with van der Waals surface area (Å²) in [5, 5.41) is 0.642. The summed E-state index contributed by atoms with van der Waals surface area (Å²) in [6.45, 7) is 12.3. The maximum atomic E-state index is 13.5. The lowest BCUT2D eigenvalue weighted by atomic mass is 10.1. The van der Waals surface area contributed by atoms with Gasteiger partial charge in [0.25, 0.3) is 7.37 Å². The second-order valence-corrected chi connectivity index (χ2v) is 8.29. The minimum absolute atomic E-state index is 0.152. The number of rotatable bonds is 10. The normalized spacial score (nSPS) is 14.5. The van der Waals surface area contributed by atoms with Crippen molar-refractivity contribution in [2.75, 3.05) is 26.0 Å². The van der Waals surface area contributed by atoms with Gasteiger partial charge in [-0.25, -0.2) is 0 Å². The van der Waals surface area contributed by atoms with E-state index in [1.807, 2.05) is 26.0 Å². The van der Waals surface area contributed by atoms with Gasteiger partial charge in [0.05, 0.1) is 12.8 Å². The van der Waals surface area contributed by atoms with Crippen molar-refractivity contribution in [3.63, 3.8) is 0 Å². The summed E-state index contributed by atoms with van der Waals surface area (Å²) >= 11 is 5.91. The summed E-state index contributed by atoms with van der Waals surface area (Å²) in [5.41, 5.74) is 0.274. The van der Waals surface area contributed by atoms with Crippen LogP contribution in [0.1, 0.15) is 33.3 Å². The van der Waals surface area contributed by atoms with Crippen LogP contribution in [0.2, 0.25) is 5.02 Å². The van der Waals surface area contributed by atoms with E-state index in [0.29, 0.717) is 30.4 Å². The molecule has 0 N–H and O–H groups in total. The number of hydrogen-bond donors (Lipinski definition) is 0. The first-order valence-electron chi connectivity index (χ1n) is 7.77. The fraction of sp³-hybridized carbons (Fsp3) is 0.529. The fourth-order valence-corrected chi connectivity index (χ4v) is 4.81. The van der Waals surface area contributed by atoms with Crippen LogP contribution in [0, 0.1) is 0 Å². The zero-order valence-electron chi connectivity index (χ0n) is 14.3. The molecule has 1 atom stereocenters. The third-order valence-corrected chi connectivity index (χ3v) is 6.65. The molecule has 130 valence electrons. The van der Waals surface area contributed by atoms with Gasteiger partial charge in [0.2, 0.25) is 5.53 Å². The van der Waals surface area contributed by atoms with Crippen molar-refractivity contribution < 1.29 is 18.6 Å². The molecule has 0 aromatic heterocycles. The van der Waals surface area contributed by atoms with Gasteiger partial charge in [-0.05, 0) is 51.0 Å². The van der Waals surface area contributed by atoms with Crippen LogP contribution in [0.15, 0.2) is 30.8 Å². The monoisotopic (exact) mass is 360 g/mol. The number of ether oxygens (including phenoxy) is 2. The van der Waals surface area contributed by atoms with Gasteiger partial charge in [0, 0.05) is 18.2 Å². The lowest BCUT2D eigenvalue weighted by Crippen LogP contribution is -2.34. The van der Waals surface area contributed by atoms with Gasteiger partial charge < -0.3 is 14.0 Å². The summed E-state index contributed by atoms with van der Waals surface area (Å²) < 4.78 is 30.5. The van der Waals surface area contributed by atoms with Crippen molar-refractivity contribution in [1.29, 1.82) is 0 Å². The highest BCUT2D eigenvalue weighted by Crippen LogP contribution is 2.61. The highest BCUT2D eigenvalue weighted by atomic mass is 35.5. The molecular weight excluding hydrogens is 335 g/mol. The molecule has 1 unspecified atom stereocenters. The molecule has 0 amide bonds. The van der Waals surface area contributed by atoms with Crippen LogP contribution in [-0.4, -0.2) is 31.5 Å². The standard InChI is InChI=1S/C17H26ClO4P/c1-6-20-17(5,21-7-2)23(19,22-8-3)13-14(4)15-9-11-16(18)12-10-15/h9-12H,4,6-8,13H2,1-3,5H3. The van der Waals surface area contributed by atoms with E-state index in [0.717, 1.165) is 5.56 Å².